The van der Waals surface area contributed by atoms with E-state index in [9.17, 15) is 0 Å². The van der Waals surface area contributed by atoms with E-state index in [2.05, 4.69) is 25.8 Å². The summed E-state index contributed by atoms with van der Waals surface area (Å²) in [6.45, 7) is 4.38. The van der Waals surface area contributed by atoms with Crippen LogP contribution in [0.3, 0.4) is 0 Å². The molecule has 1 aliphatic rings. The molecule has 1 aliphatic carbocycles. The van der Waals surface area contributed by atoms with Crippen LogP contribution in [0, 0.1) is 25.2 Å². The first-order chi connectivity index (χ1) is 8.05. The zero-order valence-electron chi connectivity index (χ0n) is 10.6. The molecule has 0 spiro atoms. The topological polar surface area (TPSA) is 0 Å². The Labute approximate surface area is 109 Å². The van der Waals surface area contributed by atoms with Crippen molar-refractivity contribution in [2.45, 2.75) is 44.9 Å². The summed E-state index contributed by atoms with van der Waals surface area (Å²) in [5, 5.41) is 0.799. The van der Waals surface area contributed by atoms with Crippen molar-refractivity contribution in [1.82, 2.24) is 0 Å². The highest BCUT2D eigenvalue weighted by Gasteiger charge is 2.34. The molecular formula is C16H19Cl. The van der Waals surface area contributed by atoms with E-state index in [0.717, 1.165) is 23.8 Å². The summed E-state index contributed by atoms with van der Waals surface area (Å²) >= 11 is 6.15. The number of benzene rings is 1. The molecule has 1 aromatic rings. The Morgan fingerprint density at radius 3 is 2.47 bits per heavy atom. The van der Waals surface area contributed by atoms with Crippen molar-refractivity contribution in [3.05, 3.63) is 34.3 Å². The third-order valence-electron chi connectivity index (χ3n) is 4.00. The van der Waals surface area contributed by atoms with E-state index in [1.807, 2.05) is 12.1 Å². The van der Waals surface area contributed by atoms with Crippen LogP contribution in [0.2, 0.25) is 5.02 Å². The second kappa shape index (κ2) is 4.75. The molecule has 0 atom stereocenters. The van der Waals surface area contributed by atoms with Crippen molar-refractivity contribution in [1.29, 1.82) is 0 Å². The Morgan fingerprint density at radius 1 is 1.29 bits per heavy atom. The van der Waals surface area contributed by atoms with Crippen LogP contribution < -0.4 is 0 Å². The van der Waals surface area contributed by atoms with Crippen LogP contribution in [-0.2, 0) is 5.41 Å². The molecule has 0 radical (unpaired) electrons. The Morgan fingerprint density at radius 2 is 1.94 bits per heavy atom. The van der Waals surface area contributed by atoms with Gasteiger partial charge in [0.2, 0.25) is 0 Å². The quantitative estimate of drug-likeness (QED) is 0.629. The number of hydrogen-bond acceptors (Lipinski definition) is 0. The van der Waals surface area contributed by atoms with Gasteiger partial charge in [0.05, 0.1) is 5.41 Å². The lowest BCUT2D eigenvalue weighted by molar-refractivity contribution is 0.297. The van der Waals surface area contributed by atoms with Crippen LogP contribution >= 0.6 is 11.6 Å². The zero-order chi connectivity index (χ0) is 12.5. The van der Waals surface area contributed by atoms with Gasteiger partial charge in [0.1, 0.15) is 0 Å². The van der Waals surface area contributed by atoms with Crippen molar-refractivity contribution in [3.63, 3.8) is 0 Å². The standard InChI is InChI=1S/C16H19Cl/c1-4-16(7-5-12(2)6-8-16)14-9-13(3)10-15(17)11-14/h1,9-12H,5-8H2,2-3H3. The molecule has 1 fully saturated rings. The average Bonchev–Trinajstić information content (AvgIpc) is 2.29. The average molecular weight is 247 g/mol. The van der Waals surface area contributed by atoms with Gasteiger partial charge in [-0.15, -0.1) is 6.42 Å². The molecule has 2 rings (SSSR count). The molecule has 17 heavy (non-hydrogen) atoms. The van der Waals surface area contributed by atoms with E-state index in [-0.39, 0.29) is 5.41 Å². The van der Waals surface area contributed by atoms with Gasteiger partial charge >= 0.3 is 0 Å². The maximum absolute atomic E-state index is 6.15. The monoisotopic (exact) mass is 246 g/mol. The minimum Gasteiger partial charge on any atom is -0.119 e. The Balaban J connectivity index is 2.38. The maximum atomic E-state index is 6.15. The third kappa shape index (κ3) is 2.50. The van der Waals surface area contributed by atoms with Crippen LogP contribution in [0.1, 0.15) is 43.7 Å². The van der Waals surface area contributed by atoms with Crippen molar-refractivity contribution >= 4 is 11.6 Å². The molecule has 0 N–H and O–H groups in total. The largest absolute Gasteiger partial charge is 0.119 e. The summed E-state index contributed by atoms with van der Waals surface area (Å²) in [6, 6.07) is 6.23. The van der Waals surface area contributed by atoms with Crippen molar-refractivity contribution in [2.75, 3.05) is 0 Å². The van der Waals surface area contributed by atoms with E-state index in [1.165, 1.54) is 24.0 Å². The van der Waals surface area contributed by atoms with Gasteiger partial charge in [-0.2, -0.15) is 0 Å². The first-order valence-corrected chi connectivity index (χ1v) is 6.69. The van der Waals surface area contributed by atoms with Gasteiger partial charge < -0.3 is 0 Å². The van der Waals surface area contributed by atoms with E-state index in [1.54, 1.807) is 0 Å². The molecule has 0 aliphatic heterocycles. The number of hydrogen-bond donors (Lipinski definition) is 0. The van der Waals surface area contributed by atoms with E-state index in [4.69, 9.17) is 18.0 Å². The third-order valence-corrected chi connectivity index (χ3v) is 4.22. The minimum atomic E-state index is -0.0812. The lowest BCUT2D eigenvalue weighted by Gasteiger charge is -2.36. The number of terminal acetylenes is 1. The number of rotatable bonds is 1. The van der Waals surface area contributed by atoms with Gasteiger partial charge in [-0.25, -0.2) is 0 Å². The highest BCUT2D eigenvalue weighted by atomic mass is 35.5. The van der Waals surface area contributed by atoms with E-state index >= 15 is 0 Å². The second-order valence-electron chi connectivity index (χ2n) is 5.43. The van der Waals surface area contributed by atoms with Gasteiger partial charge in [-0.05, 0) is 61.8 Å². The van der Waals surface area contributed by atoms with Crippen molar-refractivity contribution in [3.8, 4) is 12.3 Å². The van der Waals surface area contributed by atoms with Gasteiger partial charge in [-0.1, -0.05) is 30.5 Å². The highest BCUT2D eigenvalue weighted by Crippen LogP contribution is 2.41. The summed E-state index contributed by atoms with van der Waals surface area (Å²) < 4.78 is 0. The van der Waals surface area contributed by atoms with E-state index < -0.39 is 0 Å². The number of halogens is 1. The smallest absolute Gasteiger partial charge is 0.0561 e. The summed E-state index contributed by atoms with van der Waals surface area (Å²) in [4.78, 5) is 0. The molecule has 1 heteroatoms. The van der Waals surface area contributed by atoms with Crippen LogP contribution in [0.25, 0.3) is 0 Å². The van der Waals surface area contributed by atoms with E-state index in [0.29, 0.717) is 0 Å². The van der Waals surface area contributed by atoms with Crippen LogP contribution in [-0.4, -0.2) is 0 Å². The lowest BCUT2D eigenvalue weighted by atomic mass is 9.67. The summed E-state index contributed by atoms with van der Waals surface area (Å²) in [7, 11) is 0. The Kier molecular flexibility index (Phi) is 3.50. The van der Waals surface area contributed by atoms with Gasteiger partial charge in [0, 0.05) is 5.02 Å². The minimum absolute atomic E-state index is 0.0812. The molecule has 90 valence electrons. The molecule has 1 saturated carbocycles. The molecule has 0 bridgehead atoms. The zero-order valence-corrected chi connectivity index (χ0v) is 11.3. The molecule has 0 saturated heterocycles. The van der Waals surface area contributed by atoms with Crippen molar-refractivity contribution < 1.29 is 0 Å². The predicted molar refractivity (Wildman–Crippen MR) is 74.3 cm³/mol. The molecular weight excluding hydrogens is 228 g/mol. The molecule has 0 nitrogen and oxygen atoms in total. The van der Waals surface area contributed by atoms with Gasteiger partial charge in [0.25, 0.3) is 0 Å². The highest BCUT2D eigenvalue weighted by molar-refractivity contribution is 6.30. The summed E-state index contributed by atoms with van der Waals surface area (Å²) in [5.41, 5.74) is 2.35. The number of aryl methyl sites for hydroxylation is 1. The molecule has 0 unspecified atom stereocenters. The van der Waals surface area contributed by atoms with Gasteiger partial charge in [0.15, 0.2) is 0 Å². The molecule has 1 aromatic carbocycles. The lowest BCUT2D eigenvalue weighted by Crippen LogP contribution is -2.29. The predicted octanol–water partition coefficient (Wildman–Crippen LogP) is 4.73. The van der Waals surface area contributed by atoms with Crippen LogP contribution in [0.5, 0.6) is 0 Å². The van der Waals surface area contributed by atoms with Gasteiger partial charge in [-0.3, -0.25) is 0 Å². The molecule has 0 amide bonds. The second-order valence-corrected chi connectivity index (χ2v) is 5.86. The summed E-state index contributed by atoms with van der Waals surface area (Å²) in [5.74, 6) is 3.85. The fourth-order valence-electron chi connectivity index (χ4n) is 2.78. The normalized spacial score (nSPS) is 28.7. The van der Waals surface area contributed by atoms with Crippen LogP contribution in [0.15, 0.2) is 18.2 Å². The Hall–Kier alpha value is -0.930. The molecule has 0 aromatic heterocycles. The maximum Gasteiger partial charge on any atom is 0.0561 e. The van der Waals surface area contributed by atoms with Crippen LogP contribution in [0.4, 0.5) is 0 Å². The van der Waals surface area contributed by atoms with Crippen molar-refractivity contribution in [2.24, 2.45) is 5.92 Å². The fourth-order valence-corrected chi connectivity index (χ4v) is 3.07. The Bertz CT molecular complexity index is 425. The fraction of sp³-hybridized carbons (Fsp3) is 0.500. The summed E-state index contributed by atoms with van der Waals surface area (Å²) in [6.07, 6.45) is 10.4. The SMILES string of the molecule is C#CC1(c2cc(C)cc(Cl)c2)CCC(C)CC1. The first kappa shape index (κ1) is 12.5. The first-order valence-electron chi connectivity index (χ1n) is 6.31. The molecule has 0 heterocycles.